The van der Waals surface area contributed by atoms with E-state index in [0.29, 0.717) is 5.56 Å². The molecule has 0 fully saturated rings. The first-order valence-electron chi connectivity index (χ1n) is 4.40. The molecule has 0 unspecified atom stereocenters. The molecule has 78 valence electrons. The van der Waals surface area contributed by atoms with E-state index in [4.69, 9.17) is 10.8 Å². The fraction of sp³-hybridized carbons (Fsp3) is 0.400. The van der Waals surface area contributed by atoms with Gasteiger partial charge in [-0.25, -0.2) is 8.78 Å². The first kappa shape index (κ1) is 11.1. The molecule has 14 heavy (non-hydrogen) atoms. The van der Waals surface area contributed by atoms with Crippen LogP contribution < -0.4 is 5.73 Å². The number of nitrogens with two attached hydrogens (primary N) is 1. The molecule has 0 aromatic heterocycles. The largest absolute Gasteiger partial charge is 0.393 e. The van der Waals surface area contributed by atoms with Crippen LogP contribution in [0.25, 0.3) is 0 Å². The third-order valence-electron chi connectivity index (χ3n) is 2.01. The zero-order valence-electron chi connectivity index (χ0n) is 7.93. The van der Waals surface area contributed by atoms with Gasteiger partial charge in [0.05, 0.1) is 6.10 Å². The van der Waals surface area contributed by atoms with E-state index in [1.54, 1.807) is 6.92 Å². The van der Waals surface area contributed by atoms with E-state index in [1.165, 1.54) is 6.07 Å². The SMILES string of the molecule is C[C@@H](O)Cc1ccc(F)c(F)c1CN. The Bertz CT molecular complexity index is 326. The van der Waals surface area contributed by atoms with Crippen LogP contribution in [0.5, 0.6) is 0 Å². The van der Waals surface area contributed by atoms with E-state index in [0.717, 1.165) is 6.07 Å². The molecule has 2 nitrogen and oxygen atoms in total. The Morgan fingerprint density at radius 2 is 2.07 bits per heavy atom. The molecule has 4 heteroatoms. The lowest BCUT2D eigenvalue weighted by Crippen LogP contribution is -2.11. The van der Waals surface area contributed by atoms with Crippen molar-refractivity contribution in [3.63, 3.8) is 0 Å². The maximum absolute atomic E-state index is 13.2. The summed E-state index contributed by atoms with van der Waals surface area (Å²) in [4.78, 5) is 0. The third-order valence-corrected chi connectivity index (χ3v) is 2.01. The lowest BCUT2D eigenvalue weighted by atomic mass is 10.0. The van der Waals surface area contributed by atoms with Crippen molar-refractivity contribution in [1.82, 2.24) is 0 Å². The molecule has 3 N–H and O–H groups in total. The molecular formula is C10H13F2NO. The van der Waals surface area contributed by atoms with Gasteiger partial charge in [-0.05, 0) is 25.0 Å². The molecule has 0 saturated heterocycles. The summed E-state index contributed by atoms with van der Waals surface area (Å²) in [5.41, 5.74) is 6.01. The molecule has 1 aromatic carbocycles. The van der Waals surface area contributed by atoms with Crippen LogP contribution >= 0.6 is 0 Å². The highest BCUT2D eigenvalue weighted by atomic mass is 19.2. The lowest BCUT2D eigenvalue weighted by molar-refractivity contribution is 0.195. The number of aliphatic hydroxyl groups excluding tert-OH is 1. The molecule has 0 heterocycles. The number of hydrogen-bond acceptors (Lipinski definition) is 2. The molecule has 0 spiro atoms. The standard InChI is InChI=1S/C10H13F2NO/c1-6(14)4-7-2-3-9(11)10(12)8(7)5-13/h2-3,6,14H,4-5,13H2,1H3/t6-/m1/s1. The highest BCUT2D eigenvalue weighted by molar-refractivity contribution is 5.30. The van der Waals surface area contributed by atoms with Gasteiger partial charge in [0.25, 0.3) is 0 Å². The maximum atomic E-state index is 13.2. The zero-order chi connectivity index (χ0) is 10.7. The van der Waals surface area contributed by atoms with Gasteiger partial charge in [-0.3, -0.25) is 0 Å². The number of halogens is 2. The van der Waals surface area contributed by atoms with Crippen LogP contribution in [0.1, 0.15) is 18.1 Å². The van der Waals surface area contributed by atoms with Crippen LogP contribution in [0.3, 0.4) is 0 Å². The van der Waals surface area contributed by atoms with E-state index in [2.05, 4.69) is 0 Å². The molecule has 1 aromatic rings. The maximum Gasteiger partial charge on any atom is 0.163 e. The van der Waals surface area contributed by atoms with Crippen LogP contribution in [-0.2, 0) is 13.0 Å². The lowest BCUT2D eigenvalue weighted by Gasteiger charge is -2.10. The van der Waals surface area contributed by atoms with Gasteiger partial charge >= 0.3 is 0 Å². The molecule has 0 aliphatic heterocycles. The van der Waals surface area contributed by atoms with Gasteiger partial charge in [-0.15, -0.1) is 0 Å². The Morgan fingerprint density at radius 1 is 1.43 bits per heavy atom. The Labute approximate surface area is 81.4 Å². The summed E-state index contributed by atoms with van der Waals surface area (Å²) < 4.78 is 26.0. The van der Waals surface area contributed by atoms with E-state index >= 15 is 0 Å². The molecule has 0 aliphatic rings. The van der Waals surface area contributed by atoms with Crippen molar-refractivity contribution in [3.05, 3.63) is 34.9 Å². The van der Waals surface area contributed by atoms with Gasteiger partial charge < -0.3 is 10.8 Å². The summed E-state index contributed by atoms with van der Waals surface area (Å²) in [7, 11) is 0. The van der Waals surface area contributed by atoms with Gasteiger partial charge in [-0.2, -0.15) is 0 Å². The summed E-state index contributed by atoms with van der Waals surface area (Å²) in [5.74, 6) is -1.81. The topological polar surface area (TPSA) is 46.2 Å². The smallest absolute Gasteiger partial charge is 0.163 e. The van der Waals surface area contributed by atoms with Gasteiger partial charge in [0.2, 0.25) is 0 Å². The normalized spacial score (nSPS) is 12.9. The molecular weight excluding hydrogens is 188 g/mol. The fourth-order valence-electron chi connectivity index (χ4n) is 1.36. The first-order valence-corrected chi connectivity index (χ1v) is 4.40. The van der Waals surface area contributed by atoms with Crippen molar-refractivity contribution in [2.24, 2.45) is 5.73 Å². The van der Waals surface area contributed by atoms with Crippen molar-refractivity contribution < 1.29 is 13.9 Å². The molecule has 1 rings (SSSR count). The van der Waals surface area contributed by atoms with E-state index < -0.39 is 17.7 Å². The summed E-state index contributed by atoms with van der Waals surface area (Å²) in [5, 5.41) is 9.13. The minimum Gasteiger partial charge on any atom is -0.393 e. The number of rotatable bonds is 3. The summed E-state index contributed by atoms with van der Waals surface area (Å²) in [6, 6.07) is 2.50. The zero-order valence-corrected chi connectivity index (χ0v) is 7.93. The van der Waals surface area contributed by atoms with Gasteiger partial charge in [0.1, 0.15) is 0 Å². The monoisotopic (exact) mass is 201 g/mol. The average Bonchev–Trinajstić information content (AvgIpc) is 2.11. The van der Waals surface area contributed by atoms with Gasteiger partial charge in [-0.1, -0.05) is 6.07 Å². The minimum atomic E-state index is -0.911. The Hall–Kier alpha value is -1.00. The fourth-order valence-corrected chi connectivity index (χ4v) is 1.36. The van der Waals surface area contributed by atoms with Crippen molar-refractivity contribution in [3.8, 4) is 0 Å². The quantitative estimate of drug-likeness (QED) is 0.775. The molecule has 0 radical (unpaired) electrons. The second kappa shape index (κ2) is 4.48. The van der Waals surface area contributed by atoms with Crippen LogP contribution in [0.2, 0.25) is 0 Å². The van der Waals surface area contributed by atoms with Crippen LogP contribution in [0.4, 0.5) is 8.78 Å². The highest BCUT2D eigenvalue weighted by Crippen LogP contribution is 2.17. The van der Waals surface area contributed by atoms with Crippen LogP contribution in [0.15, 0.2) is 12.1 Å². The van der Waals surface area contributed by atoms with Crippen molar-refractivity contribution in [2.45, 2.75) is 26.0 Å². The van der Waals surface area contributed by atoms with Crippen molar-refractivity contribution in [1.29, 1.82) is 0 Å². The molecule has 1 atom stereocenters. The average molecular weight is 201 g/mol. The van der Waals surface area contributed by atoms with Crippen LogP contribution in [0, 0.1) is 11.6 Å². The number of hydrogen-bond donors (Lipinski definition) is 2. The van der Waals surface area contributed by atoms with Gasteiger partial charge in [0.15, 0.2) is 11.6 Å². The van der Waals surface area contributed by atoms with E-state index in [9.17, 15) is 8.78 Å². The van der Waals surface area contributed by atoms with Gasteiger partial charge in [0, 0.05) is 12.1 Å². The Balaban J connectivity index is 3.10. The molecule has 0 aliphatic carbocycles. The van der Waals surface area contributed by atoms with Crippen molar-refractivity contribution in [2.75, 3.05) is 0 Å². The predicted octanol–water partition coefficient (Wildman–Crippen LogP) is 1.35. The molecule has 0 amide bonds. The summed E-state index contributed by atoms with van der Waals surface area (Å²) in [6.45, 7) is 1.52. The molecule has 0 saturated carbocycles. The predicted molar refractivity (Wildman–Crippen MR) is 49.6 cm³/mol. The minimum absolute atomic E-state index is 0.0638. The molecule has 0 bridgehead atoms. The van der Waals surface area contributed by atoms with Crippen LogP contribution in [-0.4, -0.2) is 11.2 Å². The second-order valence-electron chi connectivity index (χ2n) is 3.26. The Kier molecular flexibility index (Phi) is 3.55. The first-order chi connectivity index (χ1) is 6.56. The van der Waals surface area contributed by atoms with Crippen molar-refractivity contribution >= 4 is 0 Å². The van der Waals surface area contributed by atoms with E-state index in [-0.39, 0.29) is 18.5 Å². The third kappa shape index (κ3) is 2.27. The number of aliphatic hydroxyl groups is 1. The second-order valence-corrected chi connectivity index (χ2v) is 3.26. The summed E-state index contributed by atoms with van der Waals surface area (Å²) in [6.07, 6.45) is -0.311. The van der Waals surface area contributed by atoms with E-state index in [1.807, 2.05) is 0 Å². The summed E-state index contributed by atoms with van der Waals surface area (Å²) >= 11 is 0. The number of benzene rings is 1. The highest BCUT2D eigenvalue weighted by Gasteiger charge is 2.13. The Morgan fingerprint density at radius 3 is 2.57 bits per heavy atom.